The monoisotopic (exact) mass is 336 g/mol. The van der Waals surface area contributed by atoms with E-state index in [1.807, 2.05) is 25.1 Å². The summed E-state index contributed by atoms with van der Waals surface area (Å²) in [5.41, 5.74) is 9.63. The maximum absolute atomic E-state index is 5.98. The lowest BCUT2D eigenvalue weighted by Crippen LogP contribution is -1.84. The number of hydrogen-bond donors (Lipinski definition) is 1. The third kappa shape index (κ3) is 2.22. The summed E-state index contributed by atoms with van der Waals surface area (Å²) in [4.78, 5) is 4.45. The number of aromatic nitrogens is 1. The molecule has 5 heteroatoms. The Labute approximate surface area is 123 Å². The van der Waals surface area contributed by atoms with Crippen LogP contribution in [0.2, 0.25) is 5.02 Å². The van der Waals surface area contributed by atoms with Crippen molar-refractivity contribution in [1.82, 2.24) is 4.98 Å². The minimum atomic E-state index is 0.486. The minimum Gasteiger partial charge on any atom is -0.436 e. The number of oxazole rings is 1. The maximum Gasteiger partial charge on any atom is 0.227 e. The number of hydrogen-bond acceptors (Lipinski definition) is 3. The van der Waals surface area contributed by atoms with Crippen LogP contribution in [0.15, 0.2) is 39.2 Å². The van der Waals surface area contributed by atoms with E-state index in [-0.39, 0.29) is 0 Å². The van der Waals surface area contributed by atoms with Crippen molar-refractivity contribution in [3.8, 4) is 11.5 Å². The predicted octanol–water partition coefficient (Wildman–Crippen LogP) is 4.80. The topological polar surface area (TPSA) is 52.0 Å². The molecule has 19 heavy (non-hydrogen) atoms. The first-order valence-corrected chi connectivity index (χ1v) is 6.84. The smallest absolute Gasteiger partial charge is 0.227 e. The highest BCUT2D eigenvalue weighted by atomic mass is 79.9. The molecule has 2 aromatic carbocycles. The molecule has 0 spiro atoms. The zero-order valence-electron chi connectivity index (χ0n) is 10.1. The van der Waals surface area contributed by atoms with Crippen molar-refractivity contribution >= 4 is 44.3 Å². The summed E-state index contributed by atoms with van der Waals surface area (Å²) in [6.45, 7) is 2.01. The Morgan fingerprint density at radius 3 is 2.79 bits per heavy atom. The minimum absolute atomic E-state index is 0.486. The van der Waals surface area contributed by atoms with Crippen molar-refractivity contribution in [2.24, 2.45) is 0 Å². The van der Waals surface area contributed by atoms with Gasteiger partial charge in [0.25, 0.3) is 0 Å². The summed E-state index contributed by atoms with van der Waals surface area (Å²) >= 11 is 9.42. The normalized spacial score (nSPS) is 11.1. The molecule has 3 rings (SSSR count). The van der Waals surface area contributed by atoms with Gasteiger partial charge in [-0.15, -0.1) is 0 Å². The summed E-state index contributed by atoms with van der Waals surface area (Å²) in [6.07, 6.45) is 0. The van der Waals surface area contributed by atoms with Gasteiger partial charge in [0, 0.05) is 16.1 Å². The van der Waals surface area contributed by atoms with E-state index >= 15 is 0 Å². The van der Waals surface area contributed by atoms with Gasteiger partial charge < -0.3 is 10.2 Å². The molecular formula is C14H10BrClN2O. The number of halogens is 2. The van der Waals surface area contributed by atoms with Crippen molar-refractivity contribution in [2.75, 3.05) is 5.73 Å². The molecule has 0 saturated heterocycles. The van der Waals surface area contributed by atoms with Gasteiger partial charge in [0.15, 0.2) is 5.58 Å². The van der Waals surface area contributed by atoms with E-state index in [4.69, 9.17) is 21.8 Å². The molecule has 0 amide bonds. The van der Waals surface area contributed by atoms with E-state index in [9.17, 15) is 0 Å². The van der Waals surface area contributed by atoms with E-state index in [0.717, 1.165) is 15.6 Å². The molecule has 0 atom stereocenters. The van der Waals surface area contributed by atoms with Crippen LogP contribution in [-0.4, -0.2) is 4.98 Å². The number of rotatable bonds is 1. The summed E-state index contributed by atoms with van der Waals surface area (Å²) in [7, 11) is 0. The van der Waals surface area contributed by atoms with E-state index in [1.54, 1.807) is 12.1 Å². The zero-order valence-corrected chi connectivity index (χ0v) is 12.4. The number of aryl methyl sites for hydroxylation is 1. The molecule has 0 bridgehead atoms. The SMILES string of the molecule is Cc1cc(Br)ccc1-c1nc2cc(Cl)c(N)cc2o1. The molecule has 0 aliphatic heterocycles. The van der Waals surface area contributed by atoms with Crippen molar-refractivity contribution in [2.45, 2.75) is 6.92 Å². The average molecular weight is 338 g/mol. The second-order valence-electron chi connectivity index (χ2n) is 4.32. The predicted molar refractivity (Wildman–Crippen MR) is 81.3 cm³/mol. The summed E-state index contributed by atoms with van der Waals surface area (Å²) < 4.78 is 6.77. The standard InChI is InChI=1S/C14H10BrClN2O/c1-7-4-8(15)2-3-9(7)14-18-12-5-10(16)11(17)6-13(12)19-14/h2-6H,17H2,1H3. The van der Waals surface area contributed by atoms with Gasteiger partial charge in [-0.2, -0.15) is 0 Å². The molecular weight excluding hydrogens is 328 g/mol. The average Bonchev–Trinajstić information content (AvgIpc) is 2.72. The summed E-state index contributed by atoms with van der Waals surface area (Å²) in [5, 5.41) is 0.486. The van der Waals surface area contributed by atoms with E-state index in [2.05, 4.69) is 20.9 Å². The van der Waals surface area contributed by atoms with Crippen LogP contribution < -0.4 is 5.73 Å². The Hall–Kier alpha value is -1.52. The summed E-state index contributed by atoms with van der Waals surface area (Å²) in [6, 6.07) is 9.36. The van der Waals surface area contributed by atoms with E-state index in [0.29, 0.717) is 27.7 Å². The highest BCUT2D eigenvalue weighted by molar-refractivity contribution is 9.10. The van der Waals surface area contributed by atoms with Crippen LogP contribution in [0.5, 0.6) is 0 Å². The fraction of sp³-hybridized carbons (Fsp3) is 0.0714. The largest absolute Gasteiger partial charge is 0.436 e. The van der Waals surface area contributed by atoms with Crippen molar-refractivity contribution in [3.05, 3.63) is 45.4 Å². The molecule has 0 saturated carbocycles. The van der Waals surface area contributed by atoms with Gasteiger partial charge in [0.05, 0.1) is 10.7 Å². The molecule has 1 heterocycles. The molecule has 0 aliphatic rings. The van der Waals surface area contributed by atoms with Gasteiger partial charge in [0.1, 0.15) is 5.52 Å². The van der Waals surface area contributed by atoms with Gasteiger partial charge in [-0.1, -0.05) is 27.5 Å². The second kappa shape index (κ2) is 4.54. The number of nitrogen functional groups attached to an aromatic ring is 1. The lowest BCUT2D eigenvalue weighted by Gasteiger charge is -2.01. The van der Waals surface area contributed by atoms with Gasteiger partial charge in [-0.25, -0.2) is 4.98 Å². The first kappa shape index (κ1) is 12.5. The third-order valence-corrected chi connectivity index (χ3v) is 3.75. The zero-order chi connectivity index (χ0) is 13.6. The van der Waals surface area contributed by atoms with Gasteiger partial charge >= 0.3 is 0 Å². The number of fused-ring (bicyclic) bond motifs is 1. The van der Waals surface area contributed by atoms with Crippen LogP contribution in [0, 0.1) is 6.92 Å². The Balaban J connectivity index is 2.20. The van der Waals surface area contributed by atoms with Gasteiger partial charge in [0.2, 0.25) is 5.89 Å². The number of benzene rings is 2. The summed E-state index contributed by atoms with van der Waals surface area (Å²) in [5.74, 6) is 0.571. The molecule has 0 radical (unpaired) electrons. The fourth-order valence-corrected chi connectivity index (χ4v) is 2.58. The Morgan fingerprint density at radius 1 is 1.26 bits per heavy atom. The molecule has 1 aromatic heterocycles. The first-order valence-electron chi connectivity index (χ1n) is 5.66. The molecule has 96 valence electrons. The molecule has 3 nitrogen and oxygen atoms in total. The quantitative estimate of drug-likeness (QED) is 0.649. The lowest BCUT2D eigenvalue weighted by molar-refractivity contribution is 0.619. The number of nitrogens with two attached hydrogens (primary N) is 1. The highest BCUT2D eigenvalue weighted by Crippen LogP contribution is 2.31. The van der Waals surface area contributed by atoms with E-state index in [1.165, 1.54) is 0 Å². The molecule has 3 aromatic rings. The van der Waals surface area contributed by atoms with Crippen molar-refractivity contribution < 1.29 is 4.42 Å². The Bertz CT molecular complexity index is 743. The molecule has 0 unspecified atom stereocenters. The molecule has 2 N–H and O–H groups in total. The maximum atomic E-state index is 5.98. The fourth-order valence-electron chi connectivity index (χ4n) is 1.95. The highest BCUT2D eigenvalue weighted by Gasteiger charge is 2.12. The van der Waals surface area contributed by atoms with E-state index < -0.39 is 0 Å². The van der Waals surface area contributed by atoms with Gasteiger partial charge in [-0.3, -0.25) is 0 Å². The van der Waals surface area contributed by atoms with Crippen molar-refractivity contribution in [3.63, 3.8) is 0 Å². The van der Waals surface area contributed by atoms with Crippen LogP contribution in [0.4, 0.5) is 5.69 Å². The second-order valence-corrected chi connectivity index (χ2v) is 5.64. The lowest BCUT2D eigenvalue weighted by atomic mass is 10.1. The number of anilines is 1. The van der Waals surface area contributed by atoms with Crippen LogP contribution in [0.25, 0.3) is 22.6 Å². The molecule has 0 aliphatic carbocycles. The Kier molecular flexibility index (Phi) is 2.99. The third-order valence-electron chi connectivity index (χ3n) is 2.93. The van der Waals surface area contributed by atoms with Crippen LogP contribution >= 0.6 is 27.5 Å². The number of nitrogens with zero attached hydrogens (tertiary/aromatic N) is 1. The first-order chi connectivity index (χ1) is 9.04. The van der Waals surface area contributed by atoms with Crippen LogP contribution in [-0.2, 0) is 0 Å². The van der Waals surface area contributed by atoms with Crippen molar-refractivity contribution in [1.29, 1.82) is 0 Å². The van der Waals surface area contributed by atoms with Crippen LogP contribution in [0.1, 0.15) is 5.56 Å². The Morgan fingerprint density at radius 2 is 2.05 bits per heavy atom. The van der Waals surface area contributed by atoms with Gasteiger partial charge in [-0.05, 0) is 36.8 Å². The van der Waals surface area contributed by atoms with Crippen LogP contribution in [0.3, 0.4) is 0 Å². The molecule has 0 fully saturated rings.